The third-order valence-electron chi connectivity index (χ3n) is 2.87. The molecule has 5 atom stereocenters. The first-order valence-electron chi connectivity index (χ1n) is 6.61. The van der Waals surface area contributed by atoms with Gasteiger partial charge in [0, 0.05) is 25.7 Å². The smallest absolute Gasteiger partial charge is 0.303 e. The van der Waals surface area contributed by atoms with Gasteiger partial charge in [-0.05, 0) is 5.53 Å². The van der Waals surface area contributed by atoms with Gasteiger partial charge in [0.15, 0.2) is 18.5 Å². The van der Waals surface area contributed by atoms with Gasteiger partial charge in [0.2, 0.25) is 0 Å². The van der Waals surface area contributed by atoms with E-state index in [1.807, 2.05) is 0 Å². The Hall–Kier alpha value is -2.36. The van der Waals surface area contributed by atoms with E-state index in [1.165, 1.54) is 0 Å². The van der Waals surface area contributed by atoms with Gasteiger partial charge in [0.25, 0.3) is 0 Å². The maximum absolute atomic E-state index is 11.3. The SMILES string of the molecule is CC(=O)OC[C@H]1OC(O)[C@@H](N=[N+]=[N-])[C@@H](OC(C)=O)[C@@H]1OC(C)=O. The lowest BCUT2D eigenvalue weighted by molar-refractivity contribution is -0.260. The van der Waals surface area contributed by atoms with Crippen LogP contribution in [0.2, 0.25) is 0 Å². The van der Waals surface area contributed by atoms with Crippen LogP contribution in [0.1, 0.15) is 20.8 Å². The molecule has 1 aliphatic heterocycles. The van der Waals surface area contributed by atoms with Crippen LogP contribution in [0.5, 0.6) is 0 Å². The number of carbonyl (C=O) groups excluding carboxylic acids is 3. The molecule has 0 radical (unpaired) electrons. The van der Waals surface area contributed by atoms with E-state index in [0.717, 1.165) is 20.8 Å². The molecule has 0 aromatic carbocycles. The van der Waals surface area contributed by atoms with E-state index in [9.17, 15) is 19.5 Å². The Bertz CT molecular complexity index is 518. The normalized spacial score (nSPS) is 29.8. The highest BCUT2D eigenvalue weighted by Gasteiger charge is 2.49. The molecule has 1 saturated heterocycles. The number of hydrogen-bond donors (Lipinski definition) is 1. The fraction of sp³-hybridized carbons (Fsp3) is 0.750. The van der Waals surface area contributed by atoms with Crippen molar-refractivity contribution in [2.75, 3.05) is 6.61 Å². The molecule has 1 heterocycles. The molecular formula is C12H17N3O8. The summed E-state index contributed by atoms with van der Waals surface area (Å²) in [7, 11) is 0. The first-order chi connectivity index (χ1) is 10.8. The highest BCUT2D eigenvalue weighted by Crippen LogP contribution is 2.28. The van der Waals surface area contributed by atoms with Gasteiger partial charge in [0.1, 0.15) is 18.8 Å². The van der Waals surface area contributed by atoms with Gasteiger partial charge in [-0.15, -0.1) is 0 Å². The third kappa shape index (κ3) is 5.40. The Kier molecular flexibility index (Phi) is 6.76. The number of rotatable bonds is 5. The van der Waals surface area contributed by atoms with E-state index >= 15 is 0 Å². The first-order valence-corrected chi connectivity index (χ1v) is 6.61. The van der Waals surface area contributed by atoms with Crippen LogP contribution in [0.25, 0.3) is 10.4 Å². The molecule has 0 saturated carbocycles. The molecule has 11 nitrogen and oxygen atoms in total. The first kappa shape index (κ1) is 18.7. The Morgan fingerprint density at radius 3 is 2.17 bits per heavy atom. The van der Waals surface area contributed by atoms with Crippen molar-refractivity contribution in [3.63, 3.8) is 0 Å². The lowest BCUT2D eigenvalue weighted by atomic mass is 9.97. The minimum Gasteiger partial charge on any atom is -0.463 e. The van der Waals surface area contributed by atoms with Gasteiger partial charge in [-0.3, -0.25) is 14.4 Å². The van der Waals surface area contributed by atoms with Crippen LogP contribution in [-0.2, 0) is 33.3 Å². The molecule has 0 bridgehead atoms. The molecule has 0 aromatic heterocycles. The molecule has 128 valence electrons. The number of carbonyl (C=O) groups is 3. The molecule has 0 amide bonds. The van der Waals surface area contributed by atoms with E-state index in [0.29, 0.717) is 0 Å². The van der Waals surface area contributed by atoms with Crippen molar-refractivity contribution < 1.29 is 38.4 Å². The zero-order chi connectivity index (χ0) is 17.6. The Morgan fingerprint density at radius 1 is 1.13 bits per heavy atom. The molecule has 1 N–H and O–H groups in total. The lowest BCUT2D eigenvalue weighted by Crippen LogP contribution is -2.60. The largest absolute Gasteiger partial charge is 0.463 e. The summed E-state index contributed by atoms with van der Waals surface area (Å²) in [6.07, 6.45) is -5.26. The van der Waals surface area contributed by atoms with Gasteiger partial charge < -0.3 is 24.1 Å². The average Bonchev–Trinajstić information content (AvgIpc) is 2.42. The predicted molar refractivity (Wildman–Crippen MR) is 71.6 cm³/mol. The summed E-state index contributed by atoms with van der Waals surface area (Å²) >= 11 is 0. The quantitative estimate of drug-likeness (QED) is 0.239. The van der Waals surface area contributed by atoms with E-state index in [1.54, 1.807) is 0 Å². The molecule has 0 spiro atoms. The van der Waals surface area contributed by atoms with E-state index in [4.69, 9.17) is 24.5 Å². The van der Waals surface area contributed by atoms with Crippen molar-refractivity contribution in [2.45, 2.75) is 51.4 Å². The molecule has 0 aromatic rings. The number of nitrogens with zero attached hydrogens (tertiary/aromatic N) is 3. The van der Waals surface area contributed by atoms with Crippen molar-refractivity contribution in [1.82, 2.24) is 0 Å². The minimum absolute atomic E-state index is 0.356. The predicted octanol–water partition coefficient (Wildman–Crippen LogP) is -0.191. The zero-order valence-corrected chi connectivity index (χ0v) is 12.7. The van der Waals surface area contributed by atoms with Crippen LogP contribution < -0.4 is 0 Å². The summed E-state index contributed by atoms with van der Waals surface area (Å²) in [4.78, 5) is 36.0. The number of aliphatic hydroxyl groups is 1. The maximum atomic E-state index is 11.3. The number of azide groups is 1. The molecule has 0 aliphatic carbocycles. The minimum atomic E-state index is -1.64. The molecule has 11 heteroatoms. The summed E-state index contributed by atoms with van der Waals surface area (Å²) in [5.41, 5.74) is 8.57. The molecular weight excluding hydrogens is 314 g/mol. The van der Waals surface area contributed by atoms with Crippen LogP contribution in [0.3, 0.4) is 0 Å². The molecule has 1 unspecified atom stereocenters. The van der Waals surface area contributed by atoms with Crippen molar-refractivity contribution >= 4 is 17.9 Å². The van der Waals surface area contributed by atoms with Crippen molar-refractivity contribution in [3.8, 4) is 0 Å². The summed E-state index contributed by atoms with van der Waals surface area (Å²) in [6.45, 7) is 3.01. The summed E-state index contributed by atoms with van der Waals surface area (Å²) in [6, 6.07) is -1.33. The van der Waals surface area contributed by atoms with E-state index in [2.05, 4.69) is 10.0 Å². The van der Waals surface area contributed by atoms with Gasteiger partial charge in [0.05, 0.1) is 0 Å². The van der Waals surface area contributed by atoms with E-state index in [-0.39, 0.29) is 6.61 Å². The van der Waals surface area contributed by atoms with Crippen LogP contribution in [0.4, 0.5) is 0 Å². The second-order valence-corrected chi connectivity index (χ2v) is 4.71. The van der Waals surface area contributed by atoms with Crippen molar-refractivity contribution in [3.05, 3.63) is 10.4 Å². The van der Waals surface area contributed by atoms with Crippen molar-refractivity contribution in [1.29, 1.82) is 0 Å². The van der Waals surface area contributed by atoms with E-state index < -0.39 is 48.6 Å². The fourth-order valence-corrected chi connectivity index (χ4v) is 2.08. The Morgan fingerprint density at radius 2 is 1.70 bits per heavy atom. The number of esters is 3. The van der Waals surface area contributed by atoms with Gasteiger partial charge in [-0.2, -0.15) is 0 Å². The summed E-state index contributed by atoms with van der Waals surface area (Å²) in [5, 5.41) is 13.2. The third-order valence-corrected chi connectivity index (χ3v) is 2.87. The Labute approximate surface area is 131 Å². The van der Waals surface area contributed by atoms with Crippen LogP contribution in [-0.4, -0.2) is 60.3 Å². The summed E-state index contributed by atoms with van der Waals surface area (Å²) < 4.78 is 20.0. The summed E-state index contributed by atoms with van der Waals surface area (Å²) in [5.74, 6) is -2.09. The highest BCUT2D eigenvalue weighted by atomic mass is 16.7. The monoisotopic (exact) mass is 331 g/mol. The molecule has 1 fully saturated rings. The van der Waals surface area contributed by atoms with Crippen LogP contribution in [0.15, 0.2) is 5.11 Å². The number of hydrogen-bond acceptors (Lipinski definition) is 9. The van der Waals surface area contributed by atoms with Crippen LogP contribution in [0, 0.1) is 0 Å². The maximum Gasteiger partial charge on any atom is 0.303 e. The van der Waals surface area contributed by atoms with Gasteiger partial charge >= 0.3 is 17.9 Å². The second-order valence-electron chi connectivity index (χ2n) is 4.71. The lowest BCUT2D eigenvalue weighted by Gasteiger charge is -2.41. The molecule has 1 aliphatic rings. The fourth-order valence-electron chi connectivity index (χ4n) is 2.08. The highest BCUT2D eigenvalue weighted by molar-refractivity contribution is 5.67. The zero-order valence-electron chi connectivity index (χ0n) is 12.7. The molecule has 1 rings (SSSR count). The topological polar surface area (TPSA) is 157 Å². The number of aliphatic hydroxyl groups excluding tert-OH is 1. The van der Waals surface area contributed by atoms with Crippen molar-refractivity contribution in [2.24, 2.45) is 5.11 Å². The number of ether oxygens (including phenoxy) is 4. The van der Waals surface area contributed by atoms with Crippen LogP contribution >= 0.6 is 0 Å². The standard InChI is InChI=1S/C12H17N3O8/c1-5(16)20-4-8-10(21-6(2)17)11(22-7(3)18)9(14-15-13)12(19)23-8/h8-12,19H,4H2,1-3H3/t8-,9+,10-,11-,12?/m1/s1. The second kappa shape index (κ2) is 8.32. The van der Waals surface area contributed by atoms with Gasteiger partial charge in [-0.1, -0.05) is 5.11 Å². The van der Waals surface area contributed by atoms with Gasteiger partial charge in [-0.25, -0.2) is 0 Å². The average molecular weight is 331 g/mol. The Balaban J connectivity index is 3.11. The molecule has 23 heavy (non-hydrogen) atoms.